The van der Waals surface area contributed by atoms with Crippen molar-refractivity contribution in [2.24, 2.45) is 0 Å². The van der Waals surface area contributed by atoms with E-state index in [1.54, 1.807) is 6.07 Å². The highest BCUT2D eigenvalue weighted by Gasteiger charge is 2.07. The van der Waals surface area contributed by atoms with Gasteiger partial charge in [0.05, 0.1) is 19.2 Å². The summed E-state index contributed by atoms with van der Waals surface area (Å²) >= 11 is 0. The molecule has 0 bridgehead atoms. The standard InChI is InChI=1S/C12H11NO3/c1-16-11-8-12(15)13(6-7-14)10-5-3-2-4-9(10)11/h2-5,7-8H,6H2,1H3. The molecule has 1 aromatic heterocycles. The molecule has 0 fully saturated rings. The molecule has 82 valence electrons. The Kier molecular flexibility index (Phi) is 2.72. The number of benzene rings is 1. The first-order chi connectivity index (χ1) is 7.77. The fourth-order valence-electron chi connectivity index (χ4n) is 1.74. The number of carbonyl (C=O) groups excluding carboxylic acids is 1. The summed E-state index contributed by atoms with van der Waals surface area (Å²) < 4.78 is 6.56. The van der Waals surface area contributed by atoms with E-state index in [1.807, 2.05) is 18.2 Å². The lowest BCUT2D eigenvalue weighted by atomic mass is 10.2. The summed E-state index contributed by atoms with van der Waals surface area (Å²) in [6, 6.07) is 8.73. The SMILES string of the molecule is COc1cc(=O)n(CC=O)c2ccccc12. The zero-order valence-corrected chi connectivity index (χ0v) is 8.84. The Morgan fingerprint density at radius 1 is 1.38 bits per heavy atom. The Balaban J connectivity index is 2.86. The Morgan fingerprint density at radius 2 is 2.12 bits per heavy atom. The molecule has 0 N–H and O–H groups in total. The number of nitrogens with zero attached hydrogens (tertiary/aromatic N) is 1. The zero-order valence-electron chi connectivity index (χ0n) is 8.84. The quantitative estimate of drug-likeness (QED) is 0.726. The molecule has 0 spiro atoms. The number of methoxy groups -OCH3 is 1. The zero-order chi connectivity index (χ0) is 11.5. The maximum Gasteiger partial charge on any atom is 0.255 e. The Bertz CT molecular complexity index is 586. The van der Waals surface area contributed by atoms with Crippen molar-refractivity contribution < 1.29 is 9.53 Å². The van der Waals surface area contributed by atoms with E-state index in [0.29, 0.717) is 17.6 Å². The number of fused-ring (bicyclic) bond motifs is 1. The van der Waals surface area contributed by atoms with Crippen molar-refractivity contribution >= 4 is 17.2 Å². The highest BCUT2D eigenvalue weighted by atomic mass is 16.5. The molecule has 1 heterocycles. The van der Waals surface area contributed by atoms with Gasteiger partial charge in [-0.15, -0.1) is 0 Å². The van der Waals surface area contributed by atoms with Crippen molar-refractivity contribution in [2.45, 2.75) is 6.54 Å². The number of aromatic nitrogens is 1. The summed E-state index contributed by atoms with van der Waals surface area (Å²) in [6.07, 6.45) is 0.709. The van der Waals surface area contributed by atoms with E-state index in [1.165, 1.54) is 17.7 Å². The predicted molar refractivity (Wildman–Crippen MR) is 60.8 cm³/mol. The van der Waals surface area contributed by atoms with Gasteiger partial charge >= 0.3 is 0 Å². The van der Waals surface area contributed by atoms with Gasteiger partial charge in [-0.1, -0.05) is 12.1 Å². The van der Waals surface area contributed by atoms with Crippen molar-refractivity contribution in [3.8, 4) is 5.75 Å². The number of para-hydroxylation sites is 1. The van der Waals surface area contributed by atoms with Crippen molar-refractivity contribution in [1.29, 1.82) is 0 Å². The molecule has 4 heteroatoms. The number of carbonyl (C=O) groups is 1. The molecule has 2 rings (SSSR count). The van der Waals surface area contributed by atoms with Gasteiger partial charge in [0.2, 0.25) is 0 Å². The Hall–Kier alpha value is -2.10. The van der Waals surface area contributed by atoms with Crippen LogP contribution in [-0.2, 0) is 11.3 Å². The molecule has 0 radical (unpaired) electrons. The third-order valence-electron chi connectivity index (χ3n) is 2.46. The minimum absolute atomic E-state index is 0.0589. The topological polar surface area (TPSA) is 48.3 Å². The van der Waals surface area contributed by atoms with Crippen LogP contribution in [0, 0.1) is 0 Å². The van der Waals surface area contributed by atoms with Gasteiger partial charge in [-0.2, -0.15) is 0 Å². The molecule has 0 atom stereocenters. The molecule has 1 aromatic carbocycles. The molecule has 0 saturated carbocycles. The van der Waals surface area contributed by atoms with Gasteiger partial charge < -0.3 is 14.1 Å². The molecular weight excluding hydrogens is 206 g/mol. The molecule has 16 heavy (non-hydrogen) atoms. The average molecular weight is 217 g/mol. The van der Waals surface area contributed by atoms with E-state index >= 15 is 0 Å². The summed E-state index contributed by atoms with van der Waals surface area (Å²) in [5, 5.41) is 0.825. The van der Waals surface area contributed by atoms with E-state index in [2.05, 4.69) is 0 Å². The first-order valence-corrected chi connectivity index (χ1v) is 4.88. The van der Waals surface area contributed by atoms with E-state index < -0.39 is 0 Å². The molecule has 0 aliphatic rings. The van der Waals surface area contributed by atoms with Crippen molar-refractivity contribution in [3.05, 3.63) is 40.7 Å². The predicted octanol–water partition coefficient (Wildman–Crippen LogP) is 1.21. The largest absolute Gasteiger partial charge is 0.496 e. The van der Waals surface area contributed by atoms with E-state index in [9.17, 15) is 9.59 Å². The van der Waals surface area contributed by atoms with Crippen LogP contribution in [0.25, 0.3) is 10.9 Å². The second-order valence-corrected chi connectivity index (χ2v) is 3.35. The monoisotopic (exact) mass is 217 g/mol. The third kappa shape index (κ3) is 1.58. The number of aldehydes is 1. The first-order valence-electron chi connectivity index (χ1n) is 4.88. The van der Waals surface area contributed by atoms with Crippen LogP contribution in [0.4, 0.5) is 0 Å². The fraction of sp³-hybridized carbons (Fsp3) is 0.167. The molecule has 2 aromatic rings. The number of ether oxygens (including phenoxy) is 1. The van der Waals surface area contributed by atoms with Crippen LogP contribution in [0.2, 0.25) is 0 Å². The lowest BCUT2D eigenvalue weighted by molar-refractivity contribution is -0.108. The molecule has 0 amide bonds. The highest BCUT2D eigenvalue weighted by molar-refractivity contribution is 5.85. The number of hydrogen-bond acceptors (Lipinski definition) is 3. The van der Waals surface area contributed by atoms with Crippen molar-refractivity contribution in [1.82, 2.24) is 4.57 Å². The maximum atomic E-state index is 11.7. The Morgan fingerprint density at radius 3 is 2.81 bits per heavy atom. The van der Waals surface area contributed by atoms with E-state index in [0.717, 1.165) is 5.39 Å². The average Bonchev–Trinajstić information content (AvgIpc) is 2.32. The molecule has 0 unspecified atom stereocenters. The second kappa shape index (κ2) is 4.18. The second-order valence-electron chi connectivity index (χ2n) is 3.35. The molecular formula is C12H11NO3. The first kappa shape index (κ1) is 10.4. The van der Waals surface area contributed by atoms with Crippen molar-refractivity contribution in [3.63, 3.8) is 0 Å². The normalized spacial score (nSPS) is 10.3. The maximum absolute atomic E-state index is 11.7. The molecule has 0 aliphatic heterocycles. The van der Waals surface area contributed by atoms with Crippen LogP contribution in [0.3, 0.4) is 0 Å². The third-order valence-corrected chi connectivity index (χ3v) is 2.46. The molecule has 0 saturated heterocycles. The smallest absolute Gasteiger partial charge is 0.255 e. The Labute approximate surface area is 92.1 Å². The fourth-order valence-corrected chi connectivity index (χ4v) is 1.74. The van der Waals surface area contributed by atoms with E-state index in [-0.39, 0.29) is 12.1 Å². The summed E-state index contributed by atoms with van der Waals surface area (Å²) in [5.74, 6) is 0.530. The van der Waals surface area contributed by atoms with Gasteiger partial charge in [-0.25, -0.2) is 0 Å². The number of rotatable bonds is 3. The van der Waals surface area contributed by atoms with E-state index in [4.69, 9.17) is 4.74 Å². The summed E-state index contributed by atoms with van der Waals surface area (Å²) in [4.78, 5) is 22.3. The van der Waals surface area contributed by atoms with Gasteiger partial charge in [0.25, 0.3) is 5.56 Å². The van der Waals surface area contributed by atoms with Crippen LogP contribution in [0.15, 0.2) is 35.1 Å². The molecule has 4 nitrogen and oxygen atoms in total. The van der Waals surface area contributed by atoms with Gasteiger partial charge in [-0.3, -0.25) is 4.79 Å². The van der Waals surface area contributed by atoms with Crippen LogP contribution in [0.1, 0.15) is 0 Å². The van der Waals surface area contributed by atoms with Gasteiger partial charge in [-0.05, 0) is 12.1 Å². The van der Waals surface area contributed by atoms with Crippen LogP contribution >= 0.6 is 0 Å². The molecule has 0 aliphatic carbocycles. The number of hydrogen-bond donors (Lipinski definition) is 0. The van der Waals surface area contributed by atoms with Crippen LogP contribution < -0.4 is 10.3 Å². The van der Waals surface area contributed by atoms with Gasteiger partial charge in [0.15, 0.2) is 0 Å². The summed E-state index contributed by atoms with van der Waals surface area (Å²) in [7, 11) is 1.52. The van der Waals surface area contributed by atoms with Crippen LogP contribution in [-0.4, -0.2) is 18.0 Å². The summed E-state index contributed by atoms with van der Waals surface area (Å²) in [6.45, 7) is 0.0589. The van der Waals surface area contributed by atoms with Crippen LogP contribution in [0.5, 0.6) is 5.75 Å². The number of pyridine rings is 1. The van der Waals surface area contributed by atoms with Gasteiger partial charge in [0.1, 0.15) is 12.0 Å². The summed E-state index contributed by atoms with van der Waals surface area (Å²) in [5.41, 5.74) is 0.474. The minimum Gasteiger partial charge on any atom is -0.496 e. The lowest BCUT2D eigenvalue weighted by Gasteiger charge is -2.10. The highest BCUT2D eigenvalue weighted by Crippen LogP contribution is 2.22. The van der Waals surface area contributed by atoms with Crippen molar-refractivity contribution in [2.75, 3.05) is 7.11 Å². The minimum atomic E-state index is -0.234. The lowest BCUT2D eigenvalue weighted by Crippen LogP contribution is -2.20. The van der Waals surface area contributed by atoms with Gasteiger partial charge in [0, 0.05) is 11.5 Å².